The van der Waals surface area contributed by atoms with E-state index < -0.39 is 4.92 Å². The molecule has 1 atom stereocenters. The van der Waals surface area contributed by atoms with Crippen molar-refractivity contribution in [2.45, 2.75) is 18.9 Å². The standard InChI is InChI=1S/C11H12N4O3/c12-6-8-3-4-13-11(10(8)15(17)18)14-5-1-2-9(14)7-16/h3-4,9,16H,1-2,5,7H2. The van der Waals surface area contributed by atoms with Crippen LogP contribution in [0, 0.1) is 21.4 Å². The number of pyridine rings is 1. The van der Waals surface area contributed by atoms with Crippen LogP contribution < -0.4 is 4.90 Å². The van der Waals surface area contributed by atoms with Crippen molar-refractivity contribution < 1.29 is 10.0 Å². The number of rotatable bonds is 3. The van der Waals surface area contributed by atoms with E-state index in [1.54, 1.807) is 11.0 Å². The second-order valence-electron chi connectivity index (χ2n) is 4.07. The summed E-state index contributed by atoms with van der Waals surface area (Å²) in [5.41, 5.74) is -0.283. The van der Waals surface area contributed by atoms with Crippen molar-refractivity contribution in [1.29, 1.82) is 5.26 Å². The monoisotopic (exact) mass is 248 g/mol. The molecule has 18 heavy (non-hydrogen) atoms. The highest BCUT2D eigenvalue weighted by Crippen LogP contribution is 2.33. The molecule has 0 amide bonds. The summed E-state index contributed by atoms with van der Waals surface area (Å²) in [4.78, 5) is 16.2. The maximum absolute atomic E-state index is 11.1. The Morgan fingerprint density at radius 3 is 3.11 bits per heavy atom. The summed E-state index contributed by atoms with van der Waals surface area (Å²) in [5.74, 6) is 0.176. The van der Waals surface area contributed by atoms with Crippen LogP contribution in [-0.2, 0) is 0 Å². The topological polar surface area (TPSA) is 103 Å². The van der Waals surface area contributed by atoms with Gasteiger partial charge in [0.1, 0.15) is 11.6 Å². The van der Waals surface area contributed by atoms with E-state index in [1.807, 2.05) is 0 Å². The summed E-state index contributed by atoms with van der Waals surface area (Å²) in [6, 6.07) is 2.97. The Hall–Kier alpha value is -2.20. The van der Waals surface area contributed by atoms with Crippen LogP contribution in [-0.4, -0.2) is 34.2 Å². The van der Waals surface area contributed by atoms with Gasteiger partial charge in [0.25, 0.3) is 0 Å². The summed E-state index contributed by atoms with van der Waals surface area (Å²) in [7, 11) is 0. The molecular formula is C11H12N4O3. The van der Waals surface area contributed by atoms with E-state index in [1.165, 1.54) is 12.3 Å². The second-order valence-corrected chi connectivity index (χ2v) is 4.07. The van der Waals surface area contributed by atoms with Crippen LogP contribution >= 0.6 is 0 Å². The number of hydrogen-bond acceptors (Lipinski definition) is 6. The van der Waals surface area contributed by atoms with Crippen molar-refractivity contribution in [3.63, 3.8) is 0 Å². The van der Waals surface area contributed by atoms with Crippen LogP contribution in [0.2, 0.25) is 0 Å². The first-order valence-electron chi connectivity index (χ1n) is 5.60. The smallest absolute Gasteiger partial charge is 0.329 e. The van der Waals surface area contributed by atoms with Crippen LogP contribution in [0.3, 0.4) is 0 Å². The third-order valence-electron chi connectivity index (χ3n) is 3.07. The Kier molecular flexibility index (Phi) is 3.39. The van der Waals surface area contributed by atoms with Crippen LogP contribution in [0.5, 0.6) is 0 Å². The molecule has 1 saturated heterocycles. The molecule has 1 aromatic rings. The van der Waals surface area contributed by atoms with E-state index in [2.05, 4.69) is 4.98 Å². The molecule has 1 unspecified atom stereocenters. The lowest BCUT2D eigenvalue weighted by Crippen LogP contribution is -2.33. The van der Waals surface area contributed by atoms with Crippen molar-refractivity contribution in [3.8, 4) is 6.07 Å². The lowest BCUT2D eigenvalue weighted by atomic mass is 10.2. The second kappa shape index (κ2) is 4.98. The number of aliphatic hydroxyl groups excluding tert-OH is 1. The zero-order valence-electron chi connectivity index (χ0n) is 9.61. The van der Waals surface area contributed by atoms with Crippen LogP contribution in [0.4, 0.5) is 11.5 Å². The average molecular weight is 248 g/mol. The lowest BCUT2D eigenvalue weighted by Gasteiger charge is -2.23. The van der Waals surface area contributed by atoms with E-state index in [0.717, 1.165) is 12.8 Å². The van der Waals surface area contributed by atoms with Gasteiger partial charge in [0.2, 0.25) is 5.82 Å². The Morgan fingerprint density at radius 1 is 1.72 bits per heavy atom. The maximum Gasteiger partial charge on any atom is 0.329 e. The fourth-order valence-electron chi connectivity index (χ4n) is 2.23. The zero-order chi connectivity index (χ0) is 13.1. The number of aromatic nitrogens is 1. The SMILES string of the molecule is N#Cc1ccnc(N2CCCC2CO)c1[N+](=O)[O-]. The van der Waals surface area contributed by atoms with Crippen LogP contribution in [0.15, 0.2) is 12.3 Å². The Labute approximate surface area is 103 Å². The number of hydrogen-bond donors (Lipinski definition) is 1. The van der Waals surface area contributed by atoms with Crippen molar-refractivity contribution in [1.82, 2.24) is 4.98 Å². The molecule has 0 aromatic carbocycles. The first kappa shape index (κ1) is 12.3. The van der Waals surface area contributed by atoms with Gasteiger partial charge in [0.05, 0.1) is 17.6 Å². The number of nitro groups is 1. The quantitative estimate of drug-likeness (QED) is 0.627. The predicted molar refractivity (Wildman–Crippen MR) is 63.1 cm³/mol. The highest BCUT2D eigenvalue weighted by molar-refractivity contribution is 5.66. The van der Waals surface area contributed by atoms with Gasteiger partial charge in [-0.25, -0.2) is 4.98 Å². The Balaban J connectivity index is 2.51. The average Bonchev–Trinajstić information content (AvgIpc) is 2.85. The normalized spacial score (nSPS) is 18.7. The van der Waals surface area contributed by atoms with E-state index in [0.29, 0.717) is 6.54 Å². The van der Waals surface area contributed by atoms with E-state index >= 15 is 0 Å². The molecule has 0 radical (unpaired) electrons. The molecular weight excluding hydrogens is 236 g/mol. The minimum Gasteiger partial charge on any atom is -0.394 e. The van der Waals surface area contributed by atoms with Gasteiger partial charge in [-0.3, -0.25) is 10.1 Å². The van der Waals surface area contributed by atoms with Gasteiger partial charge in [0, 0.05) is 12.7 Å². The largest absolute Gasteiger partial charge is 0.394 e. The number of nitriles is 1. The zero-order valence-corrected chi connectivity index (χ0v) is 9.61. The van der Waals surface area contributed by atoms with E-state index in [-0.39, 0.29) is 29.7 Å². The molecule has 7 nitrogen and oxygen atoms in total. The van der Waals surface area contributed by atoms with Gasteiger partial charge in [-0.05, 0) is 18.9 Å². The fraction of sp³-hybridized carbons (Fsp3) is 0.455. The van der Waals surface area contributed by atoms with E-state index in [9.17, 15) is 15.2 Å². The molecule has 0 bridgehead atoms. The van der Waals surface area contributed by atoms with Crippen molar-refractivity contribution in [3.05, 3.63) is 27.9 Å². The molecule has 0 aliphatic carbocycles. The van der Waals surface area contributed by atoms with Crippen molar-refractivity contribution in [2.75, 3.05) is 18.1 Å². The number of aliphatic hydroxyl groups is 1. The van der Waals surface area contributed by atoms with Crippen LogP contribution in [0.25, 0.3) is 0 Å². The molecule has 7 heteroatoms. The minimum absolute atomic E-state index is 0.00594. The molecule has 94 valence electrons. The van der Waals surface area contributed by atoms with Gasteiger partial charge in [-0.1, -0.05) is 0 Å². The van der Waals surface area contributed by atoms with Crippen LogP contribution in [0.1, 0.15) is 18.4 Å². The van der Waals surface area contributed by atoms with Crippen molar-refractivity contribution in [2.24, 2.45) is 0 Å². The lowest BCUT2D eigenvalue weighted by molar-refractivity contribution is -0.384. The maximum atomic E-state index is 11.1. The summed E-state index contributed by atoms with van der Waals surface area (Å²) < 4.78 is 0. The summed E-state index contributed by atoms with van der Waals surface area (Å²) in [6.07, 6.45) is 3.00. The molecule has 1 aromatic heterocycles. The third-order valence-corrected chi connectivity index (χ3v) is 3.07. The van der Waals surface area contributed by atoms with Gasteiger partial charge < -0.3 is 10.0 Å². The molecule has 2 rings (SSSR count). The summed E-state index contributed by atoms with van der Waals surface area (Å²) in [6.45, 7) is 0.531. The molecule has 1 aliphatic rings. The fourth-order valence-corrected chi connectivity index (χ4v) is 2.23. The highest BCUT2D eigenvalue weighted by atomic mass is 16.6. The van der Waals surface area contributed by atoms with Gasteiger partial charge in [-0.2, -0.15) is 5.26 Å². The molecule has 0 spiro atoms. The summed E-state index contributed by atoms with van der Waals surface area (Å²) in [5, 5.41) is 29.2. The first-order valence-corrected chi connectivity index (χ1v) is 5.60. The van der Waals surface area contributed by atoms with Gasteiger partial charge >= 0.3 is 5.69 Å². The minimum atomic E-state index is -0.590. The Morgan fingerprint density at radius 2 is 2.50 bits per heavy atom. The highest BCUT2D eigenvalue weighted by Gasteiger charge is 2.32. The summed E-state index contributed by atoms with van der Waals surface area (Å²) >= 11 is 0. The molecule has 0 saturated carbocycles. The van der Waals surface area contributed by atoms with E-state index in [4.69, 9.17) is 5.26 Å². The predicted octanol–water partition coefficient (Wildman–Crippen LogP) is 0.823. The number of nitrogens with zero attached hydrogens (tertiary/aromatic N) is 4. The first-order chi connectivity index (χ1) is 8.69. The van der Waals surface area contributed by atoms with Crippen molar-refractivity contribution >= 4 is 11.5 Å². The Bertz CT molecular complexity index is 512. The van der Waals surface area contributed by atoms with Gasteiger partial charge in [0.15, 0.2) is 0 Å². The molecule has 1 N–H and O–H groups in total. The molecule has 2 heterocycles. The third kappa shape index (κ3) is 1.98. The number of anilines is 1. The molecule has 1 fully saturated rings. The molecule has 1 aliphatic heterocycles. The van der Waals surface area contributed by atoms with Gasteiger partial charge in [-0.15, -0.1) is 0 Å².